The molecule has 3 aromatic carbocycles. The van der Waals surface area contributed by atoms with Gasteiger partial charge in [0.05, 0.1) is 16.8 Å². The summed E-state index contributed by atoms with van der Waals surface area (Å²) in [5.41, 5.74) is 6.68. The number of halogens is 1. The summed E-state index contributed by atoms with van der Waals surface area (Å²) < 4.78 is 5.68. The molecule has 0 bridgehead atoms. The van der Waals surface area contributed by atoms with E-state index in [4.69, 9.17) is 16.0 Å². The number of hydrogen-bond acceptors (Lipinski definition) is 2. The number of carbonyl (C=O) groups is 1. The van der Waals surface area contributed by atoms with Crippen LogP contribution in [-0.2, 0) is 6.42 Å². The predicted octanol–water partition coefficient (Wildman–Crippen LogP) is 6.83. The highest BCUT2D eigenvalue weighted by Crippen LogP contribution is 2.37. The van der Waals surface area contributed by atoms with Crippen LogP contribution >= 0.6 is 11.6 Å². The third kappa shape index (κ3) is 3.15. The number of fused-ring (bicyclic) bond motifs is 2. The minimum absolute atomic E-state index is 0.334. The zero-order valence-electron chi connectivity index (χ0n) is 16.2. The summed E-state index contributed by atoms with van der Waals surface area (Å²) in [6.07, 6.45) is 2.35. The molecule has 0 radical (unpaired) electrons. The number of rotatable bonds is 4. The average molecular weight is 416 g/mol. The van der Waals surface area contributed by atoms with Crippen LogP contribution < -0.4 is 0 Å². The lowest BCUT2D eigenvalue weighted by Gasteiger charge is -2.04. The van der Waals surface area contributed by atoms with Crippen LogP contribution in [0.1, 0.15) is 27.2 Å². The highest BCUT2D eigenvalue weighted by molar-refractivity contribution is 6.34. The lowest BCUT2D eigenvalue weighted by molar-refractivity contribution is 0.0696. The van der Waals surface area contributed by atoms with Crippen molar-refractivity contribution in [3.05, 3.63) is 94.3 Å². The minimum atomic E-state index is -0.908. The summed E-state index contributed by atoms with van der Waals surface area (Å²) in [7, 11) is 0. The van der Waals surface area contributed by atoms with E-state index in [1.165, 1.54) is 0 Å². The quantitative estimate of drug-likeness (QED) is 0.338. The highest BCUT2D eigenvalue weighted by Gasteiger charge is 2.14. The Bertz CT molecular complexity index is 1430. The number of aryl methyl sites for hydroxylation is 1. The molecule has 0 spiro atoms. The average Bonchev–Trinajstić information content (AvgIpc) is 3.31. The Morgan fingerprint density at radius 2 is 1.90 bits per heavy atom. The Labute approximate surface area is 177 Å². The fraction of sp³-hybridized carbons (Fsp3) is 0.0800. The number of benzene rings is 3. The van der Waals surface area contributed by atoms with Crippen molar-refractivity contribution in [2.75, 3.05) is 0 Å². The van der Waals surface area contributed by atoms with Crippen molar-refractivity contribution in [3.8, 4) is 11.1 Å². The van der Waals surface area contributed by atoms with E-state index in [1.807, 2.05) is 42.5 Å². The summed E-state index contributed by atoms with van der Waals surface area (Å²) in [5, 5.41) is 12.1. The fourth-order valence-corrected chi connectivity index (χ4v) is 4.20. The molecule has 0 unspecified atom stereocenters. The zero-order valence-corrected chi connectivity index (χ0v) is 17.0. The van der Waals surface area contributed by atoms with Crippen LogP contribution in [0.25, 0.3) is 33.0 Å². The van der Waals surface area contributed by atoms with Gasteiger partial charge in [-0.3, -0.25) is 0 Å². The Hall–Kier alpha value is -3.50. The minimum Gasteiger partial charge on any atom is -0.478 e. The smallest absolute Gasteiger partial charge is 0.335 e. The van der Waals surface area contributed by atoms with E-state index < -0.39 is 5.97 Å². The first-order valence-electron chi connectivity index (χ1n) is 9.60. The Kier molecular flexibility index (Phi) is 4.37. The van der Waals surface area contributed by atoms with Crippen molar-refractivity contribution >= 4 is 39.4 Å². The first-order chi connectivity index (χ1) is 14.5. The van der Waals surface area contributed by atoms with Crippen LogP contribution in [0.3, 0.4) is 0 Å². The molecule has 30 heavy (non-hydrogen) atoms. The number of H-pyrrole nitrogens is 1. The second kappa shape index (κ2) is 7.08. The van der Waals surface area contributed by atoms with E-state index in [1.54, 1.807) is 19.3 Å². The van der Waals surface area contributed by atoms with E-state index in [0.29, 0.717) is 17.0 Å². The van der Waals surface area contributed by atoms with Crippen LogP contribution in [0, 0.1) is 6.92 Å². The van der Waals surface area contributed by atoms with Crippen LogP contribution in [0.15, 0.2) is 71.3 Å². The van der Waals surface area contributed by atoms with Crippen molar-refractivity contribution < 1.29 is 14.3 Å². The van der Waals surface area contributed by atoms with Crippen molar-refractivity contribution in [2.45, 2.75) is 13.3 Å². The Morgan fingerprint density at radius 1 is 1.07 bits per heavy atom. The van der Waals surface area contributed by atoms with Gasteiger partial charge in [0, 0.05) is 39.5 Å². The monoisotopic (exact) mass is 415 g/mol. The first kappa shape index (κ1) is 18.5. The molecular formula is C25H18ClNO3. The fourth-order valence-electron chi connectivity index (χ4n) is 3.93. The van der Waals surface area contributed by atoms with Crippen LogP contribution in [0.2, 0.25) is 5.02 Å². The first-order valence-corrected chi connectivity index (χ1v) is 9.98. The molecule has 5 heteroatoms. The number of aromatic nitrogens is 1. The van der Waals surface area contributed by atoms with Crippen LogP contribution in [0.5, 0.6) is 0 Å². The molecule has 0 saturated carbocycles. The standard InChI is InChI=1S/C25H18ClNO3/c1-14-6-7-15(9-19(14)25(28)29)8-17-10-16-11-20(22(26)12-23(16)27-17)21-13-30-24-5-3-2-4-18(21)24/h2-7,9-13,27H,8H2,1H3,(H,28,29). The molecule has 4 nitrogen and oxygen atoms in total. The largest absolute Gasteiger partial charge is 0.478 e. The molecular weight excluding hydrogens is 398 g/mol. The number of aromatic amines is 1. The number of para-hydroxylation sites is 1. The van der Waals surface area contributed by atoms with Crippen LogP contribution in [0.4, 0.5) is 0 Å². The molecule has 0 aliphatic heterocycles. The Morgan fingerprint density at radius 3 is 2.73 bits per heavy atom. The molecule has 0 fully saturated rings. The molecule has 0 aliphatic carbocycles. The van der Waals surface area contributed by atoms with Gasteiger partial charge in [0.25, 0.3) is 0 Å². The van der Waals surface area contributed by atoms with Crippen LogP contribution in [-0.4, -0.2) is 16.1 Å². The third-order valence-electron chi connectivity index (χ3n) is 5.46. The topological polar surface area (TPSA) is 66.2 Å². The third-order valence-corrected chi connectivity index (χ3v) is 5.77. The molecule has 2 aromatic heterocycles. The highest BCUT2D eigenvalue weighted by atomic mass is 35.5. The number of aromatic carboxylic acids is 1. The van der Waals surface area contributed by atoms with E-state index in [0.717, 1.165) is 49.8 Å². The van der Waals surface area contributed by atoms with Crippen molar-refractivity contribution in [2.24, 2.45) is 0 Å². The number of hydrogen-bond donors (Lipinski definition) is 2. The zero-order chi connectivity index (χ0) is 20.8. The van der Waals surface area contributed by atoms with E-state index in [-0.39, 0.29) is 0 Å². The van der Waals surface area contributed by atoms with Gasteiger partial charge in [-0.05, 0) is 48.4 Å². The van der Waals surface area contributed by atoms with Gasteiger partial charge in [0.2, 0.25) is 0 Å². The maximum atomic E-state index is 11.4. The van der Waals surface area contributed by atoms with Crippen molar-refractivity contribution in [1.29, 1.82) is 0 Å². The lowest BCUT2D eigenvalue weighted by atomic mass is 10.0. The molecule has 148 valence electrons. The summed E-state index contributed by atoms with van der Waals surface area (Å²) in [5.74, 6) is -0.908. The summed E-state index contributed by atoms with van der Waals surface area (Å²) >= 11 is 6.61. The maximum absolute atomic E-state index is 11.4. The molecule has 2 N–H and O–H groups in total. The molecule has 0 amide bonds. The van der Waals surface area contributed by atoms with E-state index in [9.17, 15) is 9.90 Å². The van der Waals surface area contributed by atoms with Gasteiger partial charge >= 0.3 is 5.97 Å². The van der Waals surface area contributed by atoms with E-state index in [2.05, 4.69) is 17.1 Å². The molecule has 5 rings (SSSR count). The van der Waals surface area contributed by atoms with Crippen molar-refractivity contribution in [3.63, 3.8) is 0 Å². The van der Waals surface area contributed by atoms with Gasteiger partial charge in [-0.15, -0.1) is 0 Å². The van der Waals surface area contributed by atoms with E-state index >= 15 is 0 Å². The number of carboxylic acid groups (broad SMARTS) is 1. The molecule has 5 aromatic rings. The second-order valence-corrected chi connectivity index (χ2v) is 7.90. The SMILES string of the molecule is Cc1ccc(Cc2cc3cc(-c4coc5ccccc45)c(Cl)cc3[nH]2)cc1C(=O)O. The Balaban J connectivity index is 1.54. The number of carboxylic acids is 1. The molecule has 2 heterocycles. The molecule has 0 aliphatic rings. The molecule has 0 atom stereocenters. The second-order valence-electron chi connectivity index (χ2n) is 7.49. The lowest BCUT2D eigenvalue weighted by Crippen LogP contribution is -2.01. The molecule has 0 saturated heterocycles. The van der Waals surface area contributed by atoms with Gasteiger partial charge in [-0.1, -0.05) is 41.9 Å². The van der Waals surface area contributed by atoms with Gasteiger partial charge in [0.15, 0.2) is 0 Å². The van der Waals surface area contributed by atoms with Crippen molar-refractivity contribution in [1.82, 2.24) is 4.98 Å². The van der Waals surface area contributed by atoms with Gasteiger partial charge < -0.3 is 14.5 Å². The predicted molar refractivity (Wildman–Crippen MR) is 119 cm³/mol. The summed E-state index contributed by atoms with van der Waals surface area (Å²) in [6, 6.07) is 19.5. The number of nitrogens with one attached hydrogen (secondary N) is 1. The maximum Gasteiger partial charge on any atom is 0.335 e. The summed E-state index contributed by atoms with van der Waals surface area (Å²) in [6.45, 7) is 1.80. The van der Waals surface area contributed by atoms with Gasteiger partial charge in [-0.25, -0.2) is 4.79 Å². The van der Waals surface area contributed by atoms with Gasteiger partial charge in [-0.2, -0.15) is 0 Å². The normalized spacial score (nSPS) is 11.4. The van der Waals surface area contributed by atoms with Gasteiger partial charge in [0.1, 0.15) is 5.58 Å². The number of furan rings is 1. The summed E-state index contributed by atoms with van der Waals surface area (Å²) in [4.78, 5) is 14.8.